The van der Waals surface area contributed by atoms with Gasteiger partial charge in [0, 0.05) is 17.5 Å². The molecule has 0 spiro atoms. The van der Waals surface area contributed by atoms with Gasteiger partial charge in [0.1, 0.15) is 5.82 Å². The highest BCUT2D eigenvalue weighted by Crippen LogP contribution is 2.32. The Morgan fingerprint density at radius 3 is 2.29 bits per heavy atom. The monoisotopic (exact) mass is 415 g/mol. The van der Waals surface area contributed by atoms with Crippen LogP contribution >= 0.6 is 23.5 Å². The van der Waals surface area contributed by atoms with Gasteiger partial charge in [0.15, 0.2) is 0 Å². The first kappa shape index (κ1) is 21.9. The van der Waals surface area contributed by atoms with Crippen LogP contribution in [0.4, 0.5) is 17.2 Å². The summed E-state index contributed by atoms with van der Waals surface area (Å²) in [6.45, 7) is 7.80. The predicted molar refractivity (Wildman–Crippen MR) is 123 cm³/mol. The summed E-state index contributed by atoms with van der Waals surface area (Å²) in [4.78, 5) is 13.5. The van der Waals surface area contributed by atoms with Crippen molar-refractivity contribution < 1.29 is 0 Å². The van der Waals surface area contributed by atoms with Crippen LogP contribution in [-0.4, -0.2) is 4.57 Å². The van der Waals surface area contributed by atoms with Crippen LogP contribution in [0.25, 0.3) is 0 Å². The van der Waals surface area contributed by atoms with Crippen molar-refractivity contribution in [3.8, 4) is 0 Å². The number of nitrogens with one attached hydrogen (secondary N) is 2. The average molecular weight is 416 g/mol. The van der Waals surface area contributed by atoms with Crippen molar-refractivity contribution in [3.63, 3.8) is 0 Å². The number of benzene rings is 2. The lowest BCUT2D eigenvalue weighted by atomic mass is 10.2. The van der Waals surface area contributed by atoms with Crippen molar-refractivity contribution in [2.75, 3.05) is 10.0 Å². The third-order valence-corrected chi connectivity index (χ3v) is 5.14. The second kappa shape index (κ2) is 10.2. The first-order valence-corrected chi connectivity index (χ1v) is 10.4. The maximum absolute atomic E-state index is 12.4. The molecule has 1 heterocycles. The van der Waals surface area contributed by atoms with Crippen LogP contribution in [0.15, 0.2) is 64.3 Å². The molecule has 6 heteroatoms. The third kappa shape index (κ3) is 5.33. The average Bonchev–Trinajstić information content (AvgIpc) is 2.71. The van der Waals surface area contributed by atoms with E-state index < -0.39 is 0 Å². The fraction of sp³-hybridized carbons (Fsp3) is 0.227. The lowest BCUT2D eigenvalue weighted by Crippen LogP contribution is -2.22. The minimum absolute atomic E-state index is 0.0500. The standard InChI is InChI=1S/C20H20ClN3OS.C2H6/c1-13-9-10-17(16(21)11-13)22-19-18(12-14(2)20(25)24(19)3)23-26-15-7-5-4-6-8-15;1-2/h4-12,22-23H,1-3H3;1-2H3. The Bertz CT molecular complexity index is 987. The van der Waals surface area contributed by atoms with E-state index in [1.165, 1.54) is 11.9 Å². The molecule has 0 unspecified atom stereocenters. The molecule has 0 bridgehead atoms. The zero-order valence-electron chi connectivity index (χ0n) is 16.8. The number of hydrogen-bond acceptors (Lipinski definition) is 4. The molecule has 0 saturated carbocycles. The van der Waals surface area contributed by atoms with E-state index in [-0.39, 0.29) is 5.56 Å². The van der Waals surface area contributed by atoms with Crippen molar-refractivity contribution in [3.05, 3.63) is 81.1 Å². The first-order valence-electron chi connectivity index (χ1n) is 9.17. The Morgan fingerprint density at radius 1 is 0.964 bits per heavy atom. The van der Waals surface area contributed by atoms with Crippen LogP contribution in [0.1, 0.15) is 25.0 Å². The molecule has 0 aliphatic rings. The second-order valence-electron chi connectivity index (χ2n) is 6.08. The summed E-state index contributed by atoms with van der Waals surface area (Å²) < 4.78 is 4.94. The Hall–Kier alpha value is -2.37. The molecule has 148 valence electrons. The van der Waals surface area contributed by atoms with Gasteiger partial charge in [-0.3, -0.25) is 9.36 Å². The van der Waals surface area contributed by atoms with Gasteiger partial charge in [0.25, 0.3) is 5.56 Å². The van der Waals surface area contributed by atoms with Gasteiger partial charge in [-0.1, -0.05) is 49.7 Å². The number of aromatic nitrogens is 1. The van der Waals surface area contributed by atoms with E-state index in [0.29, 0.717) is 16.4 Å². The highest BCUT2D eigenvalue weighted by Gasteiger charge is 2.13. The van der Waals surface area contributed by atoms with Crippen LogP contribution in [0, 0.1) is 13.8 Å². The van der Waals surface area contributed by atoms with Crippen molar-refractivity contribution in [1.29, 1.82) is 0 Å². The SMILES string of the molecule is CC.Cc1ccc(Nc2c(NSc3ccccc3)cc(C)c(=O)n2C)c(Cl)c1. The van der Waals surface area contributed by atoms with Crippen molar-refractivity contribution >= 4 is 40.7 Å². The molecule has 2 N–H and O–H groups in total. The summed E-state index contributed by atoms with van der Waals surface area (Å²) in [5, 5.41) is 3.91. The molecule has 2 aromatic carbocycles. The summed E-state index contributed by atoms with van der Waals surface area (Å²) >= 11 is 7.84. The third-order valence-electron chi connectivity index (χ3n) is 3.99. The fourth-order valence-electron chi connectivity index (χ4n) is 2.57. The number of aryl methyl sites for hydroxylation is 2. The largest absolute Gasteiger partial charge is 0.339 e. The van der Waals surface area contributed by atoms with E-state index in [1.54, 1.807) is 11.6 Å². The summed E-state index contributed by atoms with van der Waals surface area (Å²) in [5.41, 5.74) is 3.27. The van der Waals surface area contributed by atoms with Crippen molar-refractivity contribution in [2.45, 2.75) is 32.6 Å². The molecule has 0 fully saturated rings. The zero-order valence-corrected chi connectivity index (χ0v) is 18.4. The minimum atomic E-state index is -0.0500. The van der Waals surface area contributed by atoms with Crippen LogP contribution in [0.2, 0.25) is 5.02 Å². The van der Waals surface area contributed by atoms with E-state index >= 15 is 0 Å². The lowest BCUT2D eigenvalue weighted by molar-refractivity contribution is 0.861. The Morgan fingerprint density at radius 2 is 1.64 bits per heavy atom. The first-order chi connectivity index (χ1) is 13.5. The number of rotatable bonds is 5. The smallest absolute Gasteiger partial charge is 0.254 e. The molecular weight excluding hydrogens is 390 g/mol. The molecule has 28 heavy (non-hydrogen) atoms. The highest BCUT2D eigenvalue weighted by atomic mass is 35.5. The van der Waals surface area contributed by atoms with Crippen LogP contribution in [0.5, 0.6) is 0 Å². The molecule has 3 rings (SSSR count). The van der Waals surface area contributed by atoms with E-state index in [0.717, 1.165) is 21.8 Å². The number of halogens is 1. The van der Waals surface area contributed by atoms with E-state index in [4.69, 9.17) is 11.6 Å². The Kier molecular flexibility index (Phi) is 8.03. The topological polar surface area (TPSA) is 46.1 Å². The van der Waals surface area contributed by atoms with Gasteiger partial charge in [0.05, 0.1) is 16.4 Å². The summed E-state index contributed by atoms with van der Waals surface area (Å²) in [7, 11) is 1.75. The van der Waals surface area contributed by atoms with Gasteiger partial charge in [-0.2, -0.15) is 0 Å². The molecule has 0 amide bonds. The van der Waals surface area contributed by atoms with Gasteiger partial charge in [-0.15, -0.1) is 0 Å². The maximum Gasteiger partial charge on any atom is 0.254 e. The lowest BCUT2D eigenvalue weighted by Gasteiger charge is -2.18. The second-order valence-corrected chi connectivity index (χ2v) is 7.37. The van der Waals surface area contributed by atoms with Gasteiger partial charge in [-0.05, 0) is 61.7 Å². The number of nitrogens with zero attached hydrogens (tertiary/aromatic N) is 1. The molecule has 0 aliphatic carbocycles. The molecule has 0 aliphatic heterocycles. The van der Waals surface area contributed by atoms with Gasteiger partial charge < -0.3 is 10.0 Å². The van der Waals surface area contributed by atoms with Crippen LogP contribution in [0.3, 0.4) is 0 Å². The van der Waals surface area contributed by atoms with E-state index in [1.807, 2.05) is 82.3 Å². The molecule has 1 aromatic heterocycles. The van der Waals surface area contributed by atoms with Gasteiger partial charge in [0.2, 0.25) is 0 Å². The highest BCUT2D eigenvalue weighted by molar-refractivity contribution is 8.00. The van der Waals surface area contributed by atoms with Crippen molar-refractivity contribution in [1.82, 2.24) is 4.57 Å². The number of pyridine rings is 1. The van der Waals surface area contributed by atoms with E-state index in [9.17, 15) is 4.79 Å². The normalized spacial score (nSPS) is 10.1. The summed E-state index contributed by atoms with van der Waals surface area (Å²) in [6, 6.07) is 17.6. The van der Waals surface area contributed by atoms with Crippen LogP contribution in [-0.2, 0) is 7.05 Å². The summed E-state index contributed by atoms with van der Waals surface area (Å²) in [5.74, 6) is 0.662. The summed E-state index contributed by atoms with van der Waals surface area (Å²) in [6.07, 6.45) is 0. The molecule has 0 saturated heterocycles. The maximum atomic E-state index is 12.4. The molecule has 3 aromatic rings. The molecule has 4 nitrogen and oxygen atoms in total. The molecule has 0 atom stereocenters. The van der Waals surface area contributed by atoms with Gasteiger partial charge >= 0.3 is 0 Å². The number of hydrogen-bond donors (Lipinski definition) is 2. The molecular formula is C22H26ClN3OS. The minimum Gasteiger partial charge on any atom is -0.339 e. The van der Waals surface area contributed by atoms with Crippen molar-refractivity contribution in [2.24, 2.45) is 7.05 Å². The quantitative estimate of drug-likeness (QED) is 0.464. The Labute approximate surface area is 176 Å². The van der Waals surface area contributed by atoms with E-state index in [2.05, 4.69) is 10.0 Å². The molecule has 0 radical (unpaired) electrons. The fourth-order valence-corrected chi connectivity index (χ4v) is 3.53. The predicted octanol–water partition coefficient (Wildman–Crippen LogP) is 6.54. The Balaban J connectivity index is 0.00000136. The number of anilines is 3. The van der Waals surface area contributed by atoms with Gasteiger partial charge in [-0.25, -0.2) is 0 Å². The van der Waals surface area contributed by atoms with Crippen LogP contribution < -0.4 is 15.6 Å². The zero-order chi connectivity index (χ0) is 20.7.